The van der Waals surface area contributed by atoms with Crippen molar-refractivity contribution < 1.29 is 19.4 Å². The van der Waals surface area contributed by atoms with Crippen molar-refractivity contribution in [3.05, 3.63) is 89.2 Å². The monoisotopic (exact) mass is 442 g/mol. The summed E-state index contributed by atoms with van der Waals surface area (Å²) < 4.78 is 7.03. The summed E-state index contributed by atoms with van der Waals surface area (Å²) in [6.45, 7) is 2.78. The summed E-state index contributed by atoms with van der Waals surface area (Å²) in [5.41, 5.74) is 5.16. The van der Waals surface area contributed by atoms with Gasteiger partial charge in [0.25, 0.3) is 0 Å². The number of aryl methyl sites for hydroxylation is 1. The molecule has 1 heterocycles. The van der Waals surface area contributed by atoms with Crippen molar-refractivity contribution in [1.29, 1.82) is 0 Å². The predicted octanol–water partition coefficient (Wildman–Crippen LogP) is 5.58. The van der Waals surface area contributed by atoms with Crippen LogP contribution in [-0.2, 0) is 17.7 Å². The highest BCUT2D eigenvalue weighted by molar-refractivity contribution is 5.96. The smallest absolute Gasteiger partial charge is 0.337 e. The third kappa shape index (κ3) is 4.65. The van der Waals surface area contributed by atoms with Crippen molar-refractivity contribution in [2.45, 2.75) is 32.7 Å². The fourth-order valence-corrected chi connectivity index (χ4v) is 4.02. The molecule has 33 heavy (non-hydrogen) atoms. The molecule has 0 bridgehead atoms. The normalized spacial score (nSPS) is 11.0. The number of methoxy groups -OCH3 is 1. The minimum absolute atomic E-state index is 0.286. The molecule has 3 aromatic carbocycles. The number of carboxylic acid groups (broad SMARTS) is 1. The van der Waals surface area contributed by atoms with Crippen LogP contribution in [0.1, 0.15) is 51.9 Å². The standard InChI is InChI=1S/C27H26N2O4/c1-3-4-9-25-28-23-16-20(27(32)33-2)14-15-24(23)29(25)17-18-10-12-19(13-11-18)21-7-5-6-8-22(21)26(30)31/h5-8,10-16H,3-4,9,17H2,1-2H3,(H,30,31). The number of carboxylic acids is 1. The summed E-state index contributed by atoms with van der Waals surface area (Å²) in [6, 6.07) is 20.4. The maximum Gasteiger partial charge on any atom is 0.337 e. The number of imidazole rings is 1. The highest BCUT2D eigenvalue weighted by Crippen LogP contribution is 2.26. The third-order valence-electron chi connectivity index (χ3n) is 5.77. The van der Waals surface area contributed by atoms with Crippen molar-refractivity contribution in [2.75, 3.05) is 7.11 Å². The first kappa shape index (κ1) is 22.3. The average Bonchev–Trinajstić information content (AvgIpc) is 3.18. The van der Waals surface area contributed by atoms with E-state index in [1.807, 2.05) is 42.5 Å². The number of carbonyl (C=O) groups is 2. The molecule has 0 aliphatic rings. The van der Waals surface area contributed by atoms with Crippen molar-refractivity contribution in [3.63, 3.8) is 0 Å². The lowest BCUT2D eigenvalue weighted by molar-refractivity contribution is 0.0600. The van der Waals surface area contributed by atoms with Gasteiger partial charge < -0.3 is 14.4 Å². The predicted molar refractivity (Wildman–Crippen MR) is 128 cm³/mol. The van der Waals surface area contributed by atoms with Crippen LogP contribution in [0, 0.1) is 0 Å². The number of carbonyl (C=O) groups excluding carboxylic acids is 1. The molecule has 0 saturated heterocycles. The van der Waals surface area contributed by atoms with E-state index in [-0.39, 0.29) is 11.5 Å². The highest BCUT2D eigenvalue weighted by atomic mass is 16.5. The van der Waals surface area contributed by atoms with Crippen molar-refractivity contribution in [1.82, 2.24) is 9.55 Å². The van der Waals surface area contributed by atoms with Gasteiger partial charge in [-0.1, -0.05) is 55.8 Å². The fourth-order valence-electron chi connectivity index (χ4n) is 4.02. The van der Waals surface area contributed by atoms with E-state index in [1.54, 1.807) is 24.3 Å². The molecule has 0 amide bonds. The van der Waals surface area contributed by atoms with E-state index in [1.165, 1.54) is 7.11 Å². The lowest BCUT2D eigenvalue weighted by atomic mass is 9.99. The zero-order valence-electron chi connectivity index (χ0n) is 18.7. The van der Waals surface area contributed by atoms with Crippen LogP contribution < -0.4 is 0 Å². The minimum Gasteiger partial charge on any atom is -0.478 e. The van der Waals surface area contributed by atoms with Crippen molar-refractivity contribution in [3.8, 4) is 11.1 Å². The molecular weight excluding hydrogens is 416 g/mol. The first-order valence-electron chi connectivity index (χ1n) is 11.0. The van der Waals surface area contributed by atoms with Gasteiger partial charge in [-0.15, -0.1) is 0 Å². The molecule has 6 nitrogen and oxygen atoms in total. The molecule has 0 radical (unpaired) electrons. The van der Waals surface area contributed by atoms with E-state index in [0.717, 1.165) is 47.2 Å². The van der Waals surface area contributed by atoms with E-state index in [4.69, 9.17) is 9.72 Å². The van der Waals surface area contributed by atoms with Crippen LogP contribution in [0.5, 0.6) is 0 Å². The van der Waals surface area contributed by atoms with E-state index in [0.29, 0.717) is 17.7 Å². The summed E-state index contributed by atoms with van der Waals surface area (Å²) >= 11 is 0. The molecule has 168 valence electrons. The Kier molecular flexibility index (Phi) is 6.54. The van der Waals surface area contributed by atoms with E-state index in [9.17, 15) is 14.7 Å². The van der Waals surface area contributed by atoms with Gasteiger partial charge in [-0.05, 0) is 47.4 Å². The highest BCUT2D eigenvalue weighted by Gasteiger charge is 2.15. The Morgan fingerprint density at radius 1 is 1.03 bits per heavy atom. The van der Waals surface area contributed by atoms with Gasteiger partial charge in [0.1, 0.15) is 5.82 Å². The molecule has 0 spiro atoms. The Balaban J connectivity index is 1.68. The molecular formula is C27H26N2O4. The fraction of sp³-hybridized carbons (Fsp3) is 0.222. The molecule has 4 rings (SSSR count). The van der Waals surface area contributed by atoms with Crippen molar-refractivity contribution in [2.24, 2.45) is 0 Å². The van der Waals surface area contributed by atoms with Crippen LogP contribution in [0.3, 0.4) is 0 Å². The first-order chi connectivity index (χ1) is 16.0. The van der Waals surface area contributed by atoms with Gasteiger partial charge in [-0.2, -0.15) is 0 Å². The maximum absolute atomic E-state index is 11.9. The van der Waals surface area contributed by atoms with Crippen LogP contribution >= 0.6 is 0 Å². The number of esters is 1. The van der Waals surface area contributed by atoms with E-state index < -0.39 is 5.97 Å². The number of nitrogens with zero attached hydrogens (tertiary/aromatic N) is 2. The average molecular weight is 443 g/mol. The maximum atomic E-state index is 11.9. The molecule has 0 atom stereocenters. The summed E-state index contributed by atoms with van der Waals surface area (Å²) in [4.78, 5) is 28.3. The van der Waals surface area contributed by atoms with Crippen molar-refractivity contribution >= 4 is 23.0 Å². The Morgan fingerprint density at radius 3 is 2.48 bits per heavy atom. The molecule has 0 aliphatic carbocycles. The van der Waals surface area contributed by atoms with Crippen LogP contribution in [-0.4, -0.2) is 33.7 Å². The number of ether oxygens (including phenoxy) is 1. The number of aromatic carboxylic acids is 1. The summed E-state index contributed by atoms with van der Waals surface area (Å²) in [7, 11) is 1.37. The number of unbranched alkanes of at least 4 members (excludes halogenated alkanes) is 1. The lowest BCUT2D eigenvalue weighted by Gasteiger charge is -2.11. The zero-order valence-corrected chi connectivity index (χ0v) is 18.7. The second-order valence-electron chi connectivity index (χ2n) is 7.96. The number of aromatic nitrogens is 2. The minimum atomic E-state index is -0.938. The molecule has 0 fully saturated rings. The summed E-state index contributed by atoms with van der Waals surface area (Å²) in [5.74, 6) is -0.334. The first-order valence-corrected chi connectivity index (χ1v) is 11.0. The Bertz CT molecular complexity index is 1310. The Morgan fingerprint density at radius 2 is 1.79 bits per heavy atom. The molecule has 1 N–H and O–H groups in total. The molecule has 1 aromatic heterocycles. The van der Waals surface area contributed by atoms with Crippen LogP contribution in [0.2, 0.25) is 0 Å². The largest absolute Gasteiger partial charge is 0.478 e. The molecule has 6 heteroatoms. The lowest BCUT2D eigenvalue weighted by Crippen LogP contribution is -2.06. The number of hydrogen-bond donors (Lipinski definition) is 1. The van der Waals surface area contributed by atoms with E-state index in [2.05, 4.69) is 11.5 Å². The molecule has 0 aliphatic heterocycles. The van der Waals surface area contributed by atoms with Gasteiger partial charge in [-0.25, -0.2) is 14.6 Å². The second kappa shape index (κ2) is 9.69. The van der Waals surface area contributed by atoms with Crippen LogP contribution in [0.25, 0.3) is 22.2 Å². The molecule has 4 aromatic rings. The van der Waals surface area contributed by atoms with Gasteiger partial charge in [0.2, 0.25) is 0 Å². The Labute approximate surface area is 192 Å². The second-order valence-corrected chi connectivity index (χ2v) is 7.96. The SMILES string of the molecule is CCCCc1nc2cc(C(=O)OC)ccc2n1Cc1ccc(-c2ccccc2C(=O)O)cc1. The quantitative estimate of drug-likeness (QED) is 0.360. The van der Waals surface area contributed by atoms with Gasteiger partial charge in [-0.3, -0.25) is 0 Å². The van der Waals surface area contributed by atoms with Gasteiger partial charge in [0.05, 0.1) is 29.3 Å². The summed E-state index contributed by atoms with van der Waals surface area (Å²) in [6.07, 6.45) is 2.94. The Hall–Kier alpha value is -3.93. The molecule has 0 saturated carbocycles. The number of fused-ring (bicyclic) bond motifs is 1. The van der Waals surface area contributed by atoms with Gasteiger partial charge >= 0.3 is 11.9 Å². The number of benzene rings is 3. The van der Waals surface area contributed by atoms with Gasteiger partial charge in [0.15, 0.2) is 0 Å². The van der Waals surface area contributed by atoms with Crippen LogP contribution in [0.4, 0.5) is 0 Å². The topological polar surface area (TPSA) is 81.4 Å². The number of rotatable bonds is 8. The van der Waals surface area contributed by atoms with Gasteiger partial charge in [0, 0.05) is 13.0 Å². The zero-order chi connectivity index (χ0) is 23.4. The van der Waals surface area contributed by atoms with Crippen LogP contribution in [0.15, 0.2) is 66.7 Å². The summed E-state index contributed by atoms with van der Waals surface area (Å²) in [5, 5.41) is 9.49. The third-order valence-corrected chi connectivity index (χ3v) is 5.77. The number of hydrogen-bond acceptors (Lipinski definition) is 4. The van der Waals surface area contributed by atoms with E-state index >= 15 is 0 Å². The molecule has 0 unspecified atom stereocenters.